The molecule has 0 aliphatic carbocycles. The molecule has 0 atom stereocenters. The number of benzene rings is 1. The first-order valence-corrected chi connectivity index (χ1v) is 5.85. The van der Waals surface area contributed by atoms with Crippen LogP contribution in [-0.4, -0.2) is 9.55 Å². The summed E-state index contributed by atoms with van der Waals surface area (Å²) in [6, 6.07) is 5.23. The summed E-state index contributed by atoms with van der Waals surface area (Å²) >= 11 is 0. The van der Waals surface area contributed by atoms with E-state index in [9.17, 15) is 13.2 Å². The maximum Gasteiger partial charge on any atom is 0.416 e. The van der Waals surface area contributed by atoms with Crippen LogP contribution in [0, 0.1) is 0 Å². The van der Waals surface area contributed by atoms with Gasteiger partial charge in [0, 0.05) is 24.1 Å². The van der Waals surface area contributed by atoms with E-state index in [0.29, 0.717) is 11.6 Å². The van der Waals surface area contributed by atoms with Crippen LogP contribution in [0.1, 0.15) is 25.5 Å². The van der Waals surface area contributed by atoms with Crippen molar-refractivity contribution >= 4 is 11.6 Å². The molecule has 0 aliphatic rings. The van der Waals surface area contributed by atoms with Crippen LogP contribution in [0.3, 0.4) is 0 Å². The summed E-state index contributed by atoms with van der Waals surface area (Å²) in [5.74, 6) is 0.523. The second kappa shape index (κ2) is 4.95. The average molecular weight is 269 g/mol. The monoisotopic (exact) mass is 269 g/mol. The van der Waals surface area contributed by atoms with Crippen LogP contribution in [0.25, 0.3) is 0 Å². The van der Waals surface area contributed by atoms with Crippen molar-refractivity contribution in [3.63, 3.8) is 0 Å². The van der Waals surface area contributed by atoms with Crippen molar-refractivity contribution in [1.82, 2.24) is 9.55 Å². The van der Waals surface area contributed by atoms with E-state index in [4.69, 9.17) is 0 Å². The Morgan fingerprint density at radius 2 is 2.00 bits per heavy atom. The van der Waals surface area contributed by atoms with E-state index in [2.05, 4.69) is 10.3 Å². The van der Waals surface area contributed by atoms with Crippen LogP contribution in [0.15, 0.2) is 36.7 Å². The van der Waals surface area contributed by atoms with Gasteiger partial charge < -0.3 is 9.88 Å². The molecule has 2 aromatic rings. The third-order valence-electron chi connectivity index (χ3n) is 2.67. The van der Waals surface area contributed by atoms with Crippen molar-refractivity contribution in [3.05, 3.63) is 42.2 Å². The van der Waals surface area contributed by atoms with Gasteiger partial charge in [-0.05, 0) is 32.0 Å². The van der Waals surface area contributed by atoms with Crippen molar-refractivity contribution < 1.29 is 13.2 Å². The summed E-state index contributed by atoms with van der Waals surface area (Å²) in [6.07, 6.45) is -0.957. The highest BCUT2D eigenvalue weighted by atomic mass is 19.4. The SMILES string of the molecule is CC(C)n1ccnc1Nc1cccc(C(F)(F)F)c1. The molecule has 0 spiro atoms. The van der Waals surface area contributed by atoms with Crippen molar-refractivity contribution in [2.24, 2.45) is 0 Å². The van der Waals surface area contributed by atoms with Crippen LogP contribution >= 0.6 is 0 Å². The van der Waals surface area contributed by atoms with Gasteiger partial charge in [-0.25, -0.2) is 4.98 Å². The third kappa shape index (κ3) is 3.07. The number of nitrogens with one attached hydrogen (secondary N) is 1. The predicted octanol–water partition coefficient (Wildman–Crippen LogP) is 4.23. The molecule has 0 unspecified atom stereocenters. The highest BCUT2D eigenvalue weighted by molar-refractivity contribution is 5.55. The summed E-state index contributed by atoms with van der Waals surface area (Å²) in [5, 5.41) is 2.90. The molecule has 0 saturated carbocycles. The van der Waals surface area contributed by atoms with Gasteiger partial charge in [0.25, 0.3) is 0 Å². The van der Waals surface area contributed by atoms with Crippen molar-refractivity contribution in [2.45, 2.75) is 26.1 Å². The highest BCUT2D eigenvalue weighted by Gasteiger charge is 2.30. The van der Waals surface area contributed by atoms with Gasteiger partial charge in [-0.3, -0.25) is 0 Å². The minimum atomic E-state index is -4.34. The molecule has 102 valence electrons. The number of imidazole rings is 1. The molecule has 1 aromatic carbocycles. The Bertz CT molecular complexity index is 558. The van der Waals surface area contributed by atoms with E-state index in [-0.39, 0.29) is 6.04 Å². The molecule has 0 fully saturated rings. The van der Waals surface area contributed by atoms with E-state index < -0.39 is 11.7 Å². The standard InChI is InChI=1S/C13H14F3N3/c1-9(2)19-7-6-17-12(19)18-11-5-3-4-10(8-11)13(14,15)16/h3-9H,1-2H3,(H,17,18). The number of aromatic nitrogens is 2. The maximum atomic E-state index is 12.6. The second-order valence-electron chi connectivity index (χ2n) is 4.46. The van der Waals surface area contributed by atoms with Gasteiger partial charge in [0.2, 0.25) is 5.95 Å². The van der Waals surface area contributed by atoms with E-state index in [1.807, 2.05) is 18.4 Å². The minimum Gasteiger partial charge on any atom is -0.326 e. The Labute approximate surface area is 109 Å². The summed E-state index contributed by atoms with van der Waals surface area (Å²) in [5.41, 5.74) is -0.317. The lowest BCUT2D eigenvalue weighted by molar-refractivity contribution is -0.137. The van der Waals surface area contributed by atoms with Crippen LogP contribution in [0.5, 0.6) is 0 Å². The van der Waals surface area contributed by atoms with E-state index in [1.54, 1.807) is 18.5 Å². The number of alkyl halides is 3. The lowest BCUT2D eigenvalue weighted by Crippen LogP contribution is -2.07. The van der Waals surface area contributed by atoms with Gasteiger partial charge in [0.05, 0.1) is 5.56 Å². The number of hydrogen-bond donors (Lipinski definition) is 1. The van der Waals surface area contributed by atoms with Gasteiger partial charge in [-0.15, -0.1) is 0 Å². The molecular formula is C13H14F3N3. The molecule has 1 N–H and O–H groups in total. The second-order valence-corrected chi connectivity index (χ2v) is 4.46. The van der Waals surface area contributed by atoms with Gasteiger partial charge >= 0.3 is 6.18 Å². The van der Waals surface area contributed by atoms with Crippen LogP contribution in [-0.2, 0) is 6.18 Å². The quantitative estimate of drug-likeness (QED) is 0.903. The Hall–Kier alpha value is -1.98. The Balaban J connectivity index is 2.26. The minimum absolute atomic E-state index is 0.177. The Kier molecular flexibility index (Phi) is 3.50. The molecular weight excluding hydrogens is 255 g/mol. The average Bonchev–Trinajstić information content (AvgIpc) is 2.76. The molecule has 3 nitrogen and oxygen atoms in total. The first kappa shape index (κ1) is 13.5. The number of rotatable bonds is 3. The number of halogens is 3. The fraction of sp³-hybridized carbons (Fsp3) is 0.308. The van der Waals surface area contributed by atoms with Gasteiger partial charge in [0.15, 0.2) is 0 Å². The first-order chi connectivity index (χ1) is 8.88. The summed E-state index contributed by atoms with van der Waals surface area (Å²) in [6.45, 7) is 3.94. The van der Waals surface area contributed by atoms with Crippen LogP contribution in [0.4, 0.5) is 24.8 Å². The number of hydrogen-bond acceptors (Lipinski definition) is 2. The lowest BCUT2D eigenvalue weighted by Gasteiger charge is -2.14. The number of nitrogens with zero attached hydrogens (tertiary/aromatic N) is 2. The van der Waals surface area contributed by atoms with Crippen LogP contribution < -0.4 is 5.32 Å². The lowest BCUT2D eigenvalue weighted by atomic mass is 10.2. The molecule has 6 heteroatoms. The highest BCUT2D eigenvalue weighted by Crippen LogP contribution is 2.31. The van der Waals surface area contributed by atoms with E-state index in [1.165, 1.54) is 6.07 Å². The third-order valence-corrected chi connectivity index (χ3v) is 2.67. The molecule has 0 bridgehead atoms. The van der Waals surface area contributed by atoms with Crippen molar-refractivity contribution in [2.75, 3.05) is 5.32 Å². The van der Waals surface area contributed by atoms with E-state index in [0.717, 1.165) is 12.1 Å². The largest absolute Gasteiger partial charge is 0.416 e. The number of anilines is 2. The summed E-state index contributed by atoms with van der Waals surface area (Å²) < 4.78 is 39.7. The van der Waals surface area contributed by atoms with Gasteiger partial charge in [0.1, 0.15) is 0 Å². The molecule has 0 radical (unpaired) electrons. The normalized spacial score (nSPS) is 11.9. The predicted molar refractivity (Wildman–Crippen MR) is 67.3 cm³/mol. The molecule has 1 aromatic heterocycles. The van der Waals surface area contributed by atoms with Gasteiger partial charge in [-0.1, -0.05) is 6.07 Å². The molecule has 2 rings (SSSR count). The first-order valence-electron chi connectivity index (χ1n) is 5.85. The molecule has 0 amide bonds. The molecule has 1 heterocycles. The fourth-order valence-electron chi connectivity index (χ4n) is 1.73. The molecule has 0 aliphatic heterocycles. The van der Waals surface area contributed by atoms with Gasteiger partial charge in [-0.2, -0.15) is 13.2 Å². The molecule has 19 heavy (non-hydrogen) atoms. The zero-order chi connectivity index (χ0) is 14.0. The fourth-order valence-corrected chi connectivity index (χ4v) is 1.73. The van der Waals surface area contributed by atoms with Crippen molar-refractivity contribution in [1.29, 1.82) is 0 Å². The Morgan fingerprint density at radius 3 is 2.63 bits per heavy atom. The summed E-state index contributed by atoms with van der Waals surface area (Å²) in [4.78, 5) is 4.10. The smallest absolute Gasteiger partial charge is 0.326 e. The molecule has 0 saturated heterocycles. The zero-order valence-electron chi connectivity index (χ0n) is 10.6. The van der Waals surface area contributed by atoms with E-state index >= 15 is 0 Å². The van der Waals surface area contributed by atoms with Crippen LogP contribution in [0.2, 0.25) is 0 Å². The summed E-state index contributed by atoms with van der Waals surface area (Å²) in [7, 11) is 0. The topological polar surface area (TPSA) is 29.9 Å². The Morgan fingerprint density at radius 1 is 1.26 bits per heavy atom. The van der Waals surface area contributed by atoms with Crippen molar-refractivity contribution in [3.8, 4) is 0 Å². The maximum absolute atomic E-state index is 12.6. The zero-order valence-corrected chi connectivity index (χ0v) is 10.6.